The number of carbonyl (C=O) groups excluding carboxylic acids is 1. The molecule has 12 heteroatoms. The lowest BCUT2D eigenvalue weighted by molar-refractivity contribution is -0.0964. The van der Waals surface area contributed by atoms with E-state index < -0.39 is 23.7 Å². The van der Waals surface area contributed by atoms with Gasteiger partial charge in [0.25, 0.3) is 12.3 Å². The monoisotopic (exact) mass is 521 g/mol. The van der Waals surface area contributed by atoms with Crippen LogP contribution in [-0.2, 0) is 0 Å². The van der Waals surface area contributed by atoms with Gasteiger partial charge in [-0.3, -0.25) is 4.79 Å². The molecule has 2 aromatic carbocycles. The standard InChI is InChI=1S/C24H20ClF4N5O2/c1-3-13(2)34-20-18(15-10-30-12-31-11-15)8-14(9-19(20)33-22(34)21(26)27)23(35)32-16-4-6-17(7-5-16)36-24(25,28)29/h4-13,21H,3H2,1-2H3,(H,32,35)/t13-/m1/s1. The van der Waals surface area contributed by atoms with Gasteiger partial charge in [-0.2, -0.15) is 0 Å². The highest BCUT2D eigenvalue weighted by Gasteiger charge is 2.28. The van der Waals surface area contributed by atoms with Crippen molar-refractivity contribution in [1.29, 1.82) is 0 Å². The van der Waals surface area contributed by atoms with Crippen molar-refractivity contribution < 1.29 is 27.1 Å². The Morgan fingerprint density at radius 3 is 2.42 bits per heavy atom. The minimum atomic E-state index is -3.87. The summed E-state index contributed by atoms with van der Waals surface area (Å²) in [5, 5.41) is 2.64. The van der Waals surface area contributed by atoms with Crippen molar-refractivity contribution in [3.63, 3.8) is 0 Å². The van der Waals surface area contributed by atoms with Gasteiger partial charge < -0.3 is 14.6 Å². The van der Waals surface area contributed by atoms with Crippen LogP contribution in [0.2, 0.25) is 0 Å². The van der Waals surface area contributed by atoms with E-state index in [1.165, 1.54) is 53.6 Å². The fraction of sp³-hybridized carbons (Fsp3) is 0.250. The Kier molecular flexibility index (Phi) is 7.11. The van der Waals surface area contributed by atoms with E-state index >= 15 is 0 Å². The van der Waals surface area contributed by atoms with Gasteiger partial charge >= 0.3 is 5.57 Å². The van der Waals surface area contributed by atoms with E-state index in [0.717, 1.165) is 0 Å². The number of ether oxygens (including phenoxy) is 1. The van der Waals surface area contributed by atoms with E-state index in [0.29, 0.717) is 23.1 Å². The lowest BCUT2D eigenvalue weighted by Gasteiger charge is -2.18. The number of alkyl halides is 5. The fourth-order valence-electron chi connectivity index (χ4n) is 3.76. The van der Waals surface area contributed by atoms with E-state index in [1.54, 1.807) is 6.07 Å². The maximum Gasteiger partial charge on any atom is 0.487 e. The minimum absolute atomic E-state index is 0.142. The van der Waals surface area contributed by atoms with Crippen LogP contribution < -0.4 is 10.1 Å². The number of aromatic nitrogens is 4. The maximum atomic E-state index is 13.9. The van der Waals surface area contributed by atoms with Gasteiger partial charge in [-0.15, -0.1) is 8.78 Å². The normalized spacial score (nSPS) is 12.7. The zero-order valence-corrected chi connectivity index (χ0v) is 19.8. The lowest BCUT2D eigenvalue weighted by Crippen LogP contribution is -2.16. The molecule has 0 aliphatic rings. The fourth-order valence-corrected chi connectivity index (χ4v) is 3.85. The third-order valence-corrected chi connectivity index (χ3v) is 5.60. The zero-order valence-electron chi connectivity index (χ0n) is 19.1. The highest BCUT2D eigenvalue weighted by Crippen LogP contribution is 2.36. The number of halogens is 5. The summed E-state index contributed by atoms with van der Waals surface area (Å²) >= 11 is 4.76. The highest BCUT2D eigenvalue weighted by atomic mass is 35.5. The predicted molar refractivity (Wildman–Crippen MR) is 127 cm³/mol. The molecule has 1 amide bonds. The van der Waals surface area contributed by atoms with Crippen LogP contribution >= 0.6 is 11.6 Å². The second kappa shape index (κ2) is 10.1. The minimum Gasteiger partial charge on any atom is -0.420 e. The summed E-state index contributed by atoms with van der Waals surface area (Å²) in [6, 6.07) is 7.82. The van der Waals surface area contributed by atoms with Crippen molar-refractivity contribution >= 4 is 34.2 Å². The van der Waals surface area contributed by atoms with Crippen molar-refractivity contribution in [3.8, 4) is 16.9 Å². The van der Waals surface area contributed by atoms with Crippen LogP contribution in [0.1, 0.15) is 48.9 Å². The average Bonchev–Trinajstić information content (AvgIpc) is 3.24. The SMILES string of the molecule is CC[C@@H](C)n1c(C(F)F)nc2cc(C(=O)Nc3ccc(OC(F)(F)Cl)cc3)cc(-c3cncnc3)c21. The third kappa shape index (κ3) is 5.40. The molecule has 1 atom stereocenters. The van der Waals surface area contributed by atoms with Crippen molar-refractivity contribution in [1.82, 2.24) is 19.5 Å². The molecule has 0 unspecified atom stereocenters. The van der Waals surface area contributed by atoms with Gasteiger partial charge in [0.1, 0.15) is 12.1 Å². The molecule has 36 heavy (non-hydrogen) atoms. The van der Waals surface area contributed by atoms with E-state index in [4.69, 9.17) is 11.6 Å². The molecule has 188 valence electrons. The number of hydrogen-bond acceptors (Lipinski definition) is 5. The summed E-state index contributed by atoms with van der Waals surface area (Å²) in [4.78, 5) is 25.3. The number of carbonyl (C=O) groups is 1. The molecule has 4 rings (SSSR count). The van der Waals surface area contributed by atoms with Gasteiger partial charge in [-0.1, -0.05) is 6.92 Å². The van der Waals surface area contributed by atoms with Crippen LogP contribution in [0.25, 0.3) is 22.2 Å². The van der Waals surface area contributed by atoms with Crippen LogP contribution in [0.4, 0.5) is 23.2 Å². The van der Waals surface area contributed by atoms with Crippen molar-refractivity contribution in [2.24, 2.45) is 0 Å². The molecule has 2 aromatic heterocycles. The number of fused-ring (bicyclic) bond motifs is 1. The number of anilines is 1. The predicted octanol–water partition coefficient (Wildman–Crippen LogP) is 6.82. The van der Waals surface area contributed by atoms with Gasteiger partial charge in [0.15, 0.2) is 5.82 Å². The molecular formula is C24H20ClF4N5O2. The summed E-state index contributed by atoms with van der Waals surface area (Å²) in [6.07, 6.45) is 2.12. The summed E-state index contributed by atoms with van der Waals surface area (Å²) < 4.78 is 59.2. The number of amides is 1. The second-order valence-electron chi connectivity index (χ2n) is 7.94. The quantitative estimate of drug-likeness (QED) is 0.203. The Morgan fingerprint density at radius 2 is 1.83 bits per heavy atom. The van der Waals surface area contributed by atoms with E-state index in [2.05, 4.69) is 25.0 Å². The number of rotatable bonds is 8. The van der Waals surface area contributed by atoms with Crippen molar-refractivity contribution in [2.45, 2.75) is 38.3 Å². The molecular weight excluding hydrogens is 502 g/mol. The topological polar surface area (TPSA) is 81.9 Å². The highest BCUT2D eigenvalue weighted by molar-refractivity contribution is 6.20. The smallest absolute Gasteiger partial charge is 0.420 e. The molecule has 0 bridgehead atoms. The molecule has 4 aromatic rings. The number of imidazole rings is 1. The van der Waals surface area contributed by atoms with Gasteiger partial charge in [-0.05, 0) is 49.7 Å². The first kappa shape index (κ1) is 25.4. The summed E-state index contributed by atoms with van der Waals surface area (Å²) in [7, 11) is 0. The molecule has 0 radical (unpaired) electrons. The number of benzene rings is 2. The Balaban J connectivity index is 1.78. The van der Waals surface area contributed by atoms with Gasteiger partial charge in [0, 0.05) is 52.4 Å². The van der Waals surface area contributed by atoms with E-state index in [1.807, 2.05) is 13.8 Å². The molecule has 0 spiro atoms. The van der Waals surface area contributed by atoms with Crippen LogP contribution in [0, 0.1) is 0 Å². The Labute approximate surface area is 208 Å². The van der Waals surface area contributed by atoms with E-state index in [-0.39, 0.29) is 28.6 Å². The molecule has 0 fully saturated rings. The average molecular weight is 522 g/mol. The first-order valence-corrected chi connectivity index (χ1v) is 11.2. The molecule has 0 aliphatic carbocycles. The number of hydrogen-bond donors (Lipinski definition) is 1. The van der Waals surface area contributed by atoms with Crippen LogP contribution in [0.5, 0.6) is 5.75 Å². The van der Waals surface area contributed by atoms with Crippen LogP contribution in [-0.4, -0.2) is 31.0 Å². The van der Waals surface area contributed by atoms with Crippen LogP contribution in [0.15, 0.2) is 55.1 Å². The molecule has 0 aliphatic heterocycles. The Bertz CT molecular complexity index is 1380. The largest absolute Gasteiger partial charge is 0.487 e. The third-order valence-electron chi connectivity index (χ3n) is 5.52. The van der Waals surface area contributed by atoms with Crippen LogP contribution in [0.3, 0.4) is 0 Å². The first-order chi connectivity index (χ1) is 17.1. The number of nitrogens with zero attached hydrogens (tertiary/aromatic N) is 4. The van der Waals surface area contributed by atoms with Crippen molar-refractivity contribution in [3.05, 3.63) is 66.5 Å². The van der Waals surface area contributed by atoms with Gasteiger partial charge in [-0.25, -0.2) is 23.7 Å². The summed E-state index contributed by atoms with van der Waals surface area (Å²) in [5.74, 6) is -1.17. The van der Waals surface area contributed by atoms with Gasteiger partial charge in [0.05, 0.1) is 11.0 Å². The zero-order chi connectivity index (χ0) is 26.0. The Hall–Kier alpha value is -3.73. The number of nitrogens with one attached hydrogen (secondary N) is 1. The van der Waals surface area contributed by atoms with Crippen molar-refractivity contribution in [2.75, 3.05) is 5.32 Å². The Morgan fingerprint density at radius 1 is 1.17 bits per heavy atom. The molecule has 2 heterocycles. The van der Waals surface area contributed by atoms with Gasteiger partial charge in [0.2, 0.25) is 0 Å². The maximum absolute atomic E-state index is 13.9. The molecule has 1 N–H and O–H groups in total. The molecule has 7 nitrogen and oxygen atoms in total. The summed E-state index contributed by atoms with van der Waals surface area (Å²) in [5.41, 5.74) is -1.80. The first-order valence-electron chi connectivity index (χ1n) is 10.8. The molecule has 0 saturated carbocycles. The second-order valence-corrected chi connectivity index (χ2v) is 8.38. The molecule has 0 saturated heterocycles. The van der Waals surface area contributed by atoms with E-state index in [9.17, 15) is 22.4 Å². The summed E-state index contributed by atoms with van der Waals surface area (Å²) in [6.45, 7) is 3.69. The lowest BCUT2D eigenvalue weighted by atomic mass is 10.0.